The van der Waals surface area contributed by atoms with E-state index in [1.54, 1.807) is 17.0 Å². The van der Waals surface area contributed by atoms with Gasteiger partial charge in [0.05, 0.1) is 12.0 Å². The zero-order valence-corrected chi connectivity index (χ0v) is 23.2. The van der Waals surface area contributed by atoms with E-state index in [2.05, 4.69) is 46.4 Å². The molecule has 3 aromatic rings. The highest BCUT2D eigenvalue weighted by Gasteiger charge is 2.47. The van der Waals surface area contributed by atoms with Gasteiger partial charge < -0.3 is 35.0 Å². The maximum absolute atomic E-state index is 11.0. The van der Waals surface area contributed by atoms with Crippen LogP contribution >= 0.6 is 0 Å². The average molecular weight is 543 g/mol. The van der Waals surface area contributed by atoms with Crippen molar-refractivity contribution in [2.24, 2.45) is 0 Å². The third-order valence-corrected chi connectivity index (χ3v) is 7.78. The highest BCUT2D eigenvalue weighted by molar-refractivity contribution is 5.84. The SMILES string of the molecule is CCCc1cc([C@H]2O[C@@H](n3cnc4c(NC(CC)CC)nc(NCCN5CCCCC5)nc43)[C@H](O)[C@@H]2O)on1. The van der Waals surface area contributed by atoms with Gasteiger partial charge in [0.1, 0.15) is 18.3 Å². The van der Waals surface area contributed by atoms with E-state index >= 15 is 0 Å². The lowest BCUT2D eigenvalue weighted by Gasteiger charge is -2.26. The van der Waals surface area contributed by atoms with E-state index in [0.717, 1.165) is 57.6 Å². The second-order valence-corrected chi connectivity index (χ2v) is 10.6. The third kappa shape index (κ3) is 6.03. The summed E-state index contributed by atoms with van der Waals surface area (Å²) in [4.78, 5) is 16.6. The van der Waals surface area contributed by atoms with E-state index in [4.69, 9.17) is 19.2 Å². The van der Waals surface area contributed by atoms with Crippen LogP contribution in [0.5, 0.6) is 0 Å². The molecule has 12 nitrogen and oxygen atoms in total. The number of aliphatic hydroxyl groups is 2. The molecule has 12 heteroatoms. The van der Waals surface area contributed by atoms with Gasteiger partial charge in [0.15, 0.2) is 29.0 Å². The quantitative estimate of drug-likeness (QED) is 0.267. The number of nitrogens with one attached hydrogen (secondary N) is 2. The summed E-state index contributed by atoms with van der Waals surface area (Å²) in [7, 11) is 0. The zero-order chi connectivity index (χ0) is 27.4. The number of ether oxygens (including phenoxy) is 1. The van der Waals surface area contributed by atoms with Crippen molar-refractivity contribution in [3.63, 3.8) is 0 Å². The molecule has 0 amide bonds. The van der Waals surface area contributed by atoms with Crippen molar-refractivity contribution in [2.45, 2.75) is 96.3 Å². The van der Waals surface area contributed by atoms with Gasteiger partial charge in [0, 0.05) is 25.2 Å². The molecule has 0 unspecified atom stereocenters. The largest absolute Gasteiger partial charge is 0.387 e. The first-order chi connectivity index (χ1) is 19.0. The Kier molecular flexibility index (Phi) is 8.96. The van der Waals surface area contributed by atoms with Crippen LogP contribution in [0.2, 0.25) is 0 Å². The Morgan fingerprint density at radius 3 is 2.62 bits per heavy atom. The Morgan fingerprint density at radius 1 is 1.08 bits per heavy atom. The highest BCUT2D eigenvalue weighted by Crippen LogP contribution is 2.40. The number of hydrogen-bond acceptors (Lipinski definition) is 11. The lowest BCUT2D eigenvalue weighted by molar-refractivity contribution is -0.0434. The number of nitrogens with zero attached hydrogens (tertiary/aromatic N) is 6. The third-order valence-electron chi connectivity index (χ3n) is 7.78. The van der Waals surface area contributed by atoms with Crippen LogP contribution in [0.3, 0.4) is 0 Å². The molecule has 2 fully saturated rings. The summed E-state index contributed by atoms with van der Waals surface area (Å²) in [5.74, 6) is 1.51. The fourth-order valence-electron chi connectivity index (χ4n) is 5.44. The molecule has 2 aliphatic rings. The van der Waals surface area contributed by atoms with Crippen LogP contribution in [0.4, 0.5) is 11.8 Å². The van der Waals surface area contributed by atoms with Gasteiger partial charge in [-0.3, -0.25) is 4.57 Å². The summed E-state index contributed by atoms with van der Waals surface area (Å²) < 4.78 is 13.3. The van der Waals surface area contributed by atoms with Gasteiger partial charge in [-0.25, -0.2) is 4.98 Å². The molecule has 5 heterocycles. The van der Waals surface area contributed by atoms with E-state index in [1.165, 1.54) is 19.3 Å². The number of imidazole rings is 1. The van der Waals surface area contributed by atoms with Crippen LogP contribution in [0, 0.1) is 0 Å². The Bertz CT molecular complexity index is 1210. The lowest BCUT2D eigenvalue weighted by Crippen LogP contribution is -2.34. The van der Waals surface area contributed by atoms with Gasteiger partial charge in [-0.05, 0) is 45.2 Å². The van der Waals surface area contributed by atoms with Gasteiger partial charge >= 0.3 is 0 Å². The molecule has 0 saturated carbocycles. The Labute approximate surface area is 229 Å². The first-order valence-corrected chi connectivity index (χ1v) is 14.5. The fourth-order valence-corrected chi connectivity index (χ4v) is 5.44. The maximum Gasteiger partial charge on any atom is 0.226 e. The molecule has 2 saturated heterocycles. The molecule has 4 N–H and O–H groups in total. The number of rotatable bonds is 12. The maximum atomic E-state index is 11.0. The number of fused-ring (bicyclic) bond motifs is 1. The predicted molar refractivity (Wildman–Crippen MR) is 147 cm³/mol. The minimum Gasteiger partial charge on any atom is -0.387 e. The first-order valence-electron chi connectivity index (χ1n) is 14.5. The van der Waals surface area contributed by atoms with E-state index in [-0.39, 0.29) is 6.04 Å². The molecule has 5 rings (SSSR count). The molecule has 4 atom stereocenters. The summed E-state index contributed by atoms with van der Waals surface area (Å²) in [6.45, 7) is 10.2. The second-order valence-electron chi connectivity index (χ2n) is 10.6. The molecule has 214 valence electrons. The lowest BCUT2D eigenvalue weighted by atomic mass is 10.1. The van der Waals surface area contributed by atoms with Crippen LogP contribution in [-0.4, -0.2) is 84.2 Å². The summed E-state index contributed by atoms with van der Waals surface area (Å²) >= 11 is 0. The van der Waals surface area contributed by atoms with Crippen molar-refractivity contribution in [3.05, 3.63) is 23.8 Å². The molecule has 0 bridgehead atoms. The van der Waals surface area contributed by atoms with Gasteiger partial charge in [-0.15, -0.1) is 0 Å². The minimum atomic E-state index is -1.21. The van der Waals surface area contributed by atoms with Crippen molar-refractivity contribution in [2.75, 3.05) is 36.8 Å². The van der Waals surface area contributed by atoms with Gasteiger partial charge in [0.2, 0.25) is 5.95 Å². The molecular formula is C27H42N8O4. The number of aryl methyl sites for hydroxylation is 1. The molecular weight excluding hydrogens is 500 g/mol. The summed E-state index contributed by atoms with van der Waals surface area (Å²) in [5.41, 5.74) is 1.89. The standard InChI is InChI=1S/C27H42N8O4/c1-4-10-18-15-19(39-33-18)23-21(36)22(37)26(38-23)35-16-29-20-24(30-17(5-2)6-3)31-27(32-25(20)35)28-11-14-34-12-8-7-9-13-34/h15-17,21-23,26,36-37H,4-14H2,1-3H3,(H2,28,30,31,32)/t21-,22+,23+,26+/m0/s1. The normalized spacial score (nSPS) is 24.2. The van der Waals surface area contributed by atoms with Crippen LogP contribution < -0.4 is 10.6 Å². The Hall–Kier alpha value is -2.80. The monoisotopic (exact) mass is 542 g/mol. The number of piperidine rings is 1. The van der Waals surface area contributed by atoms with Crippen LogP contribution in [0.25, 0.3) is 11.2 Å². The molecule has 0 radical (unpaired) electrons. The number of aliphatic hydroxyl groups excluding tert-OH is 2. The Morgan fingerprint density at radius 2 is 1.87 bits per heavy atom. The van der Waals surface area contributed by atoms with Crippen molar-refractivity contribution in [3.8, 4) is 0 Å². The molecule has 0 aliphatic carbocycles. The van der Waals surface area contributed by atoms with Crippen LogP contribution in [0.1, 0.15) is 83.1 Å². The summed E-state index contributed by atoms with van der Waals surface area (Å²) in [5, 5.41) is 32.9. The number of likely N-dealkylation sites (tertiary alicyclic amines) is 1. The average Bonchev–Trinajstić information content (AvgIpc) is 3.66. The minimum absolute atomic E-state index is 0.234. The number of hydrogen-bond donors (Lipinski definition) is 4. The summed E-state index contributed by atoms with van der Waals surface area (Å²) in [6.07, 6.45) is 4.78. The predicted octanol–water partition coefficient (Wildman–Crippen LogP) is 3.26. The molecule has 39 heavy (non-hydrogen) atoms. The smallest absolute Gasteiger partial charge is 0.226 e. The van der Waals surface area contributed by atoms with E-state index in [0.29, 0.717) is 28.7 Å². The van der Waals surface area contributed by atoms with Crippen molar-refractivity contribution < 1.29 is 19.5 Å². The van der Waals surface area contributed by atoms with Crippen LogP contribution in [0.15, 0.2) is 16.9 Å². The van der Waals surface area contributed by atoms with E-state index in [9.17, 15) is 10.2 Å². The molecule has 3 aromatic heterocycles. The fraction of sp³-hybridized carbons (Fsp3) is 0.704. The van der Waals surface area contributed by atoms with Crippen LogP contribution in [-0.2, 0) is 11.2 Å². The van der Waals surface area contributed by atoms with Crippen molar-refractivity contribution in [1.82, 2.24) is 29.6 Å². The van der Waals surface area contributed by atoms with Crippen molar-refractivity contribution >= 4 is 22.9 Å². The van der Waals surface area contributed by atoms with E-state index < -0.39 is 24.5 Å². The zero-order valence-electron chi connectivity index (χ0n) is 23.2. The second kappa shape index (κ2) is 12.6. The molecule has 0 aromatic carbocycles. The van der Waals surface area contributed by atoms with Crippen molar-refractivity contribution in [1.29, 1.82) is 0 Å². The molecule has 0 spiro atoms. The topological polar surface area (TPSA) is 147 Å². The number of aromatic nitrogens is 5. The highest BCUT2D eigenvalue weighted by atomic mass is 16.6. The first kappa shape index (κ1) is 27.8. The van der Waals surface area contributed by atoms with Gasteiger partial charge in [-0.2, -0.15) is 9.97 Å². The summed E-state index contributed by atoms with van der Waals surface area (Å²) in [6, 6.07) is 2.01. The van der Waals surface area contributed by atoms with Gasteiger partial charge in [0.25, 0.3) is 0 Å². The molecule has 2 aliphatic heterocycles. The van der Waals surface area contributed by atoms with Gasteiger partial charge in [-0.1, -0.05) is 38.8 Å². The number of anilines is 2. The van der Waals surface area contributed by atoms with E-state index in [1.807, 2.05) is 0 Å². The Balaban J connectivity index is 1.41.